The number of rotatable bonds is 9. The fourth-order valence-corrected chi connectivity index (χ4v) is 2.64. The Morgan fingerprint density at radius 1 is 1.11 bits per heavy atom. The summed E-state index contributed by atoms with van der Waals surface area (Å²) in [4.78, 5) is 4.28. The maximum absolute atomic E-state index is 4.28. The molecule has 0 aromatic carbocycles. The van der Waals surface area contributed by atoms with Crippen LogP contribution in [-0.2, 0) is 0 Å². The summed E-state index contributed by atoms with van der Waals surface area (Å²) in [6, 6.07) is 4.72. The minimum atomic E-state index is 0.471. The van der Waals surface area contributed by atoms with E-state index >= 15 is 0 Å². The molecule has 1 aromatic rings. The van der Waals surface area contributed by atoms with E-state index in [1.54, 1.807) is 0 Å². The first-order chi connectivity index (χ1) is 8.83. The van der Waals surface area contributed by atoms with Crippen LogP contribution in [0, 0.1) is 5.92 Å². The molecule has 1 aromatic heterocycles. The van der Waals surface area contributed by atoms with Crippen molar-refractivity contribution in [2.24, 2.45) is 5.92 Å². The molecule has 0 saturated heterocycles. The molecule has 0 amide bonds. The first-order valence-corrected chi connectivity index (χ1v) is 7.46. The Bertz CT molecular complexity index is 291. The Morgan fingerprint density at radius 3 is 2.33 bits per heavy atom. The summed E-state index contributed by atoms with van der Waals surface area (Å²) in [5.74, 6) is 0.732. The monoisotopic (exact) mass is 248 g/mol. The van der Waals surface area contributed by atoms with Crippen molar-refractivity contribution in [3.63, 3.8) is 0 Å². The van der Waals surface area contributed by atoms with Crippen LogP contribution in [0.2, 0.25) is 0 Å². The van der Waals surface area contributed by atoms with Gasteiger partial charge in [0.2, 0.25) is 0 Å². The van der Waals surface area contributed by atoms with Gasteiger partial charge < -0.3 is 5.32 Å². The highest BCUT2D eigenvalue weighted by Crippen LogP contribution is 2.29. The van der Waals surface area contributed by atoms with Gasteiger partial charge in [0.25, 0.3) is 0 Å². The van der Waals surface area contributed by atoms with Crippen LogP contribution in [0.1, 0.15) is 64.5 Å². The van der Waals surface area contributed by atoms with Gasteiger partial charge in [-0.15, -0.1) is 0 Å². The molecule has 0 radical (unpaired) electrons. The minimum absolute atomic E-state index is 0.471. The normalized spacial score (nSPS) is 12.9. The van der Waals surface area contributed by atoms with Gasteiger partial charge in [0.05, 0.1) is 0 Å². The third kappa shape index (κ3) is 4.77. The SMILES string of the molecule is CCCNC(c1cccnc1)C(CCC)CCC. The van der Waals surface area contributed by atoms with Crippen molar-refractivity contribution in [2.75, 3.05) is 6.54 Å². The van der Waals surface area contributed by atoms with Crippen molar-refractivity contribution in [1.82, 2.24) is 10.3 Å². The van der Waals surface area contributed by atoms with E-state index in [0.717, 1.165) is 12.5 Å². The highest BCUT2D eigenvalue weighted by atomic mass is 14.9. The molecule has 0 aliphatic heterocycles. The number of hydrogen-bond acceptors (Lipinski definition) is 2. The van der Waals surface area contributed by atoms with Crippen LogP contribution in [-0.4, -0.2) is 11.5 Å². The predicted octanol–water partition coefficient (Wildman–Crippen LogP) is 4.34. The number of nitrogens with one attached hydrogen (secondary N) is 1. The zero-order valence-corrected chi connectivity index (χ0v) is 12.2. The lowest BCUT2D eigenvalue weighted by Crippen LogP contribution is -2.29. The average Bonchev–Trinajstić information content (AvgIpc) is 2.41. The smallest absolute Gasteiger partial charge is 0.0363 e. The van der Waals surface area contributed by atoms with Gasteiger partial charge >= 0.3 is 0 Å². The Hall–Kier alpha value is -0.890. The molecule has 0 saturated carbocycles. The van der Waals surface area contributed by atoms with Crippen LogP contribution in [0.5, 0.6) is 0 Å². The van der Waals surface area contributed by atoms with Crippen molar-refractivity contribution in [2.45, 2.75) is 58.9 Å². The first kappa shape index (κ1) is 15.2. The van der Waals surface area contributed by atoms with E-state index in [-0.39, 0.29) is 0 Å². The van der Waals surface area contributed by atoms with E-state index < -0.39 is 0 Å². The van der Waals surface area contributed by atoms with E-state index in [1.165, 1.54) is 37.7 Å². The van der Waals surface area contributed by atoms with Gasteiger partial charge in [-0.25, -0.2) is 0 Å². The van der Waals surface area contributed by atoms with Crippen LogP contribution in [0.3, 0.4) is 0 Å². The van der Waals surface area contributed by atoms with Crippen LogP contribution in [0.15, 0.2) is 24.5 Å². The standard InChI is InChI=1S/C16H28N2/c1-4-8-14(9-5-2)16(18-11-6-3)15-10-7-12-17-13-15/h7,10,12-14,16,18H,4-6,8-9,11H2,1-3H3. The molecular weight excluding hydrogens is 220 g/mol. The van der Waals surface area contributed by atoms with Gasteiger partial charge in [0.15, 0.2) is 0 Å². The lowest BCUT2D eigenvalue weighted by Gasteiger charge is -2.28. The van der Waals surface area contributed by atoms with Crippen LogP contribution in [0.25, 0.3) is 0 Å². The molecule has 102 valence electrons. The number of nitrogens with zero attached hydrogens (tertiary/aromatic N) is 1. The molecule has 2 heteroatoms. The molecule has 0 aliphatic rings. The Labute approximate surface area is 112 Å². The molecule has 0 spiro atoms. The molecular formula is C16H28N2. The van der Waals surface area contributed by atoms with Crippen LogP contribution in [0.4, 0.5) is 0 Å². The topological polar surface area (TPSA) is 24.9 Å². The summed E-state index contributed by atoms with van der Waals surface area (Å²) < 4.78 is 0. The second-order valence-corrected chi connectivity index (χ2v) is 5.06. The zero-order valence-electron chi connectivity index (χ0n) is 12.2. The molecule has 1 rings (SSSR count). The minimum Gasteiger partial charge on any atom is -0.310 e. The van der Waals surface area contributed by atoms with Crippen molar-refractivity contribution < 1.29 is 0 Å². The molecule has 1 heterocycles. The number of pyridine rings is 1. The predicted molar refractivity (Wildman–Crippen MR) is 78.6 cm³/mol. The van der Waals surface area contributed by atoms with Crippen molar-refractivity contribution in [3.05, 3.63) is 30.1 Å². The van der Waals surface area contributed by atoms with E-state index in [2.05, 4.69) is 37.1 Å². The average molecular weight is 248 g/mol. The van der Waals surface area contributed by atoms with Gasteiger partial charge in [-0.2, -0.15) is 0 Å². The van der Waals surface area contributed by atoms with E-state index in [9.17, 15) is 0 Å². The van der Waals surface area contributed by atoms with E-state index in [0.29, 0.717) is 6.04 Å². The van der Waals surface area contributed by atoms with Crippen LogP contribution < -0.4 is 5.32 Å². The molecule has 0 aliphatic carbocycles. The largest absolute Gasteiger partial charge is 0.310 e. The maximum atomic E-state index is 4.28. The molecule has 1 unspecified atom stereocenters. The second-order valence-electron chi connectivity index (χ2n) is 5.06. The Kier molecular flexibility index (Phi) is 7.66. The number of aromatic nitrogens is 1. The van der Waals surface area contributed by atoms with Crippen molar-refractivity contribution in [1.29, 1.82) is 0 Å². The molecule has 1 atom stereocenters. The molecule has 0 fully saturated rings. The molecule has 18 heavy (non-hydrogen) atoms. The highest BCUT2D eigenvalue weighted by molar-refractivity contribution is 5.15. The first-order valence-electron chi connectivity index (χ1n) is 7.46. The second kappa shape index (κ2) is 9.09. The van der Waals surface area contributed by atoms with Gasteiger partial charge in [-0.1, -0.05) is 39.7 Å². The summed E-state index contributed by atoms with van der Waals surface area (Å²) in [7, 11) is 0. The summed E-state index contributed by atoms with van der Waals surface area (Å²) in [6.07, 6.45) is 10.2. The van der Waals surface area contributed by atoms with E-state index in [4.69, 9.17) is 0 Å². The fraction of sp³-hybridized carbons (Fsp3) is 0.688. The quantitative estimate of drug-likeness (QED) is 0.703. The van der Waals surface area contributed by atoms with Gasteiger partial charge in [0.1, 0.15) is 0 Å². The van der Waals surface area contributed by atoms with E-state index in [1.807, 2.05) is 18.5 Å². The van der Waals surface area contributed by atoms with Gasteiger partial charge in [-0.3, -0.25) is 4.98 Å². The molecule has 2 nitrogen and oxygen atoms in total. The summed E-state index contributed by atoms with van der Waals surface area (Å²) in [5, 5.41) is 3.72. The van der Waals surface area contributed by atoms with Crippen molar-refractivity contribution in [3.8, 4) is 0 Å². The van der Waals surface area contributed by atoms with Crippen LogP contribution >= 0.6 is 0 Å². The Balaban J connectivity index is 2.80. The maximum Gasteiger partial charge on any atom is 0.0363 e. The summed E-state index contributed by atoms with van der Waals surface area (Å²) in [5.41, 5.74) is 1.35. The third-order valence-corrected chi connectivity index (χ3v) is 3.45. The zero-order chi connectivity index (χ0) is 13.2. The highest BCUT2D eigenvalue weighted by Gasteiger charge is 2.21. The summed E-state index contributed by atoms with van der Waals surface area (Å²) in [6.45, 7) is 7.87. The fourth-order valence-electron chi connectivity index (χ4n) is 2.64. The van der Waals surface area contributed by atoms with Gasteiger partial charge in [0, 0.05) is 18.4 Å². The van der Waals surface area contributed by atoms with Gasteiger partial charge in [-0.05, 0) is 43.4 Å². The molecule has 1 N–H and O–H groups in total. The Morgan fingerprint density at radius 2 is 1.83 bits per heavy atom. The number of hydrogen-bond donors (Lipinski definition) is 1. The molecule has 0 bridgehead atoms. The third-order valence-electron chi connectivity index (χ3n) is 3.45. The summed E-state index contributed by atoms with van der Waals surface area (Å²) >= 11 is 0. The lowest BCUT2D eigenvalue weighted by atomic mass is 9.86. The lowest BCUT2D eigenvalue weighted by molar-refractivity contribution is 0.316. The van der Waals surface area contributed by atoms with Crippen molar-refractivity contribution >= 4 is 0 Å².